The van der Waals surface area contributed by atoms with Gasteiger partial charge in [-0.15, -0.1) is 0 Å². The first-order chi connectivity index (χ1) is 10.0. The number of rotatable bonds is 5. The van der Waals surface area contributed by atoms with Crippen LogP contribution >= 0.6 is 0 Å². The molecule has 2 rings (SSSR count). The third kappa shape index (κ3) is 4.29. The van der Waals surface area contributed by atoms with Crippen molar-refractivity contribution in [3.05, 3.63) is 30.1 Å². The zero-order valence-electron chi connectivity index (χ0n) is 13.1. The van der Waals surface area contributed by atoms with Crippen LogP contribution in [-0.4, -0.2) is 5.91 Å². The van der Waals surface area contributed by atoms with Crippen molar-refractivity contribution in [3.8, 4) is 0 Å². The Balaban J connectivity index is 2.08. The van der Waals surface area contributed by atoms with Crippen LogP contribution in [0.2, 0.25) is 0 Å². The second-order valence-corrected chi connectivity index (χ2v) is 6.73. The molecule has 0 saturated heterocycles. The highest BCUT2D eigenvalue weighted by Gasteiger charge is 2.39. The zero-order chi connectivity index (χ0) is 15.3. The van der Waals surface area contributed by atoms with Gasteiger partial charge in [-0.1, -0.05) is 33.1 Å². The maximum atomic E-state index is 13.0. The van der Waals surface area contributed by atoms with Crippen molar-refractivity contribution in [2.45, 2.75) is 58.8 Å². The molecule has 0 bridgehead atoms. The number of carbonyl (C=O) groups is 1. The average Bonchev–Trinajstić information content (AvgIpc) is 2.48. The van der Waals surface area contributed by atoms with Gasteiger partial charge in [0.25, 0.3) is 0 Å². The van der Waals surface area contributed by atoms with Gasteiger partial charge in [0.2, 0.25) is 5.91 Å². The lowest BCUT2D eigenvalue weighted by molar-refractivity contribution is -0.128. The maximum absolute atomic E-state index is 13.0. The molecule has 0 heterocycles. The van der Waals surface area contributed by atoms with Crippen LogP contribution < -0.4 is 5.32 Å². The van der Waals surface area contributed by atoms with Crippen LogP contribution in [0.1, 0.15) is 58.8 Å². The van der Waals surface area contributed by atoms with Crippen molar-refractivity contribution in [1.82, 2.24) is 0 Å². The first-order valence-electron chi connectivity index (χ1n) is 8.09. The molecule has 1 N–H and O–H groups in total. The second-order valence-electron chi connectivity index (χ2n) is 6.73. The Morgan fingerprint density at radius 3 is 2.38 bits per heavy atom. The first-order valence-corrected chi connectivity index (χ1v) is 8.09. The van der Waals surface area contributed by atoms with Crippen molar-refractivity contribution in [1.29, 1.82) is 0 Å². The number of anilines is 1. The molecule has 1 aliphatic rings. The van der Waals surface area contributed by atoms with E-state index in [0.717, 1.165) is 38.5 Å². The summed E-state index contributed by atoms with van der Waals surface area (Å²) in [7, 11) is 0. The zero-order valence-corrected chi connectivity index (χ0v) is 13.1. The van der Waals surface area contributed by atoms with Gasteiger partial charge in [0, 0.05) is 11.1 Å². The fourth-order valence-electron chi connectivity index (χ4n) is 3.18. The molecule has 0 unspecified atom stereocenters. The molecule has 21 heavy (non-hydrogen) atoms. The summed E-state index contributed by atoms with van der Waals surface area (Å²) in [4.78, 5) is 12.8. The van der Waals surface area contributed by atoms with Crippen LogP contribution in [0.4, 0.5) is 10.1 Å². The molecule has 1 aliphatic carbocycles. The summed E-state index contributed by atoms with van der Waals surface area (Å²) in [6.45, 7) is 4.41. The van der Waals surface area contributed by atoms with Gasteiger partial charge in [0.05, 0.1) is 0 Å². The van der Waals surface area contributed by atoms with Crippen molar-refractivity contribution in [3.63, 3.8) is 0 Å². The molecule has 0 aromatic heterocycles. The van der Waals surface area contributed by atoms with Gasteiger partial charge in [-0.3, -0.25) is 4.79 Å². The SMILES string of the molecule is CC(C)CCC1(C(=O)Nc2ccc(F)cc2)CCCCC1. The lowest BCUT2D eigenvalue weighted by atomic mass is 9.69. The summed E-state index contributed by atoms with van der Waals surface area (Å²) in [5, 5.41) is 3.00. The minimum atomic E-state index is -0.278. The Bertz CT molecular complexity index is 461. The van der Waals surface area contributed by atoms with E-state index in [0.29, 0.717) is 11.6 Å². The maximum Gasteiger partial charge on any atom is 0.230 e. The summed E-state index contributed by atoms with van der Waals surface area (Å²) in [5.41, 5.74) is 0.465. The van der Waals surface area contributed by atoms with Gasteiger partial charge >= 0.3 is 0 Å². The summed E-state index contributed by atoms with van der Waals surface area (Å²) in [5.74, 6) is 0.456. The minimum Gasteiger partial charge on any atom is -0.326 e. The number of nitrogens with one attached hydrogen (secondary N) is 1. The van der Waals surface area contributed by atoms with E-state index >= 15 is 0 Å². The van der Waals surface area contributed by atoms with Crippen molar-refractivity contribution >= 4 is 11.6 Å². The monoisotopic (exact) mass is 291 g/mol. The molecule has 1 amide bonds. The molecule has 3 heteroatoms. The molecule has 1 aromatic rings. The van der Waals surface area contributed by atoms with Gasteiger partial charge in [-0.05, 0) is 55.9 Å². The largest absolute Gasteiger partial charge is 0.326 e. The normalized spacial score (nSPS) is 17.7. The Hall–Kier alpha value is -1.38. The highest BCUT2D eigenvalue weighted by atomic mass is 19.1. The molecular weight excluding hydrogens is 265 g/mol. The van der Waals surface area contributed by atoms with E-state index < -0.39 is 0 Å². The number of benzene rings is 1. The standard InChI is InChI=1S/C18H26FNO/c1-14(2)10-13-18(11-4-3-5-12-18)17(21)20-16-8-6-15(19)7-9-16/h6-9,14H,3-5,10-13H2,1-2H3,(H,20,21). The third-order valence-electron chi connectivity index (χ3n) is 4.59. The minimum absolute atomic E-state index is 0.120. The van der Waals surface area contributed by atoms with Crippen molar-refractivity contribution < 1.29 is 9.18 Å². The molecule has 1 saturated carbocycles. The van der Waals surface area contributed by atoms with Gasteiger partial charge in [-0.25, -0.2) is 4.39 Å². The summed E-state index contributed by atoms with van der Waals surface area (Å²) in [6, 6.07) is 6.03. The molecule has 0 aliphatic heterocycles. The average molecular weight is 291 g/mol. The Morgan fingerprint density at radius 1 is 1.19 bits per heavy atom. The van der Waals surface area contributed by atoms with Gasteiger partial charge in [0.15, 0.2) is 0 Å². The molecule has 0 spiro atoms. The molecular formula is C18H26FNO. The third-order valence-corrected chi connectivity index (χ3v) is 4.59. The second kappa shape index (κ2) is 7.06. The summed E-state index contributed by atoms with van der Waals surface area (Å²) in [6.07, 6.45) is 7.49. The lowest BCUT2D eigenvalue weighted by Gasteiger charge is -2.36. The number of hydrogen-bond donors (Lipinski definition) is 1. The molecule has 116 valence electrons. The number of halogens is 1. The number of carbonyl (C=O) groups excluding carboxylic acids is 1. The molecule has 2 nitrogen and oxygen atoms in total. The fraction of sp³-hybridized carbons (Fsp3) is 0.611. The topological polar surface area (TPSA) is 29.1 Å². The summed E-state index contributed by atoms with van der Waals surface area (Å²) >= 11 is 0. The van der Waals surface area contributed by atoms with Crippen LogP contribution in [0, 0.1) is 17.2 Å². The van der Waals surface area contributed by atoms with Gasteiger partial charge in [-0.2, -0.15) is 0 Å². The van der Waals surface area contributed by atoms with E-state index in [9.17, 15) is 9.18 Å². The highest BCUT2D eigenvalue weighted by Crippen LogP contribution is 2.42. The van der Waals surface area contributed by atoms with E-state index in [-0.39, 0.29) is 17.1 Å². The molecule has 0 atom stereocenters. The highest BCUT2D eigenvalue weighted by molar-refractivity contribution is 5.95. The van der Waals surface area contributed by atoms with Crippen molar-refractivity contribution in [2.75, 3.05) is 5.32 Å². The Labute approximate surface area is 127 Å². The predicted octanol–water partition coefficient (Wildman–Crippen LogP) is 5.15. The lowest BCUT2D eigenvalue weighted by Crippen LogP contribution is -2.38. The van der Waals surface area contributed by atoms with Crippen LogP contribution in [0.5, 0.6) is 0 Å². The van der Waals surface area contributed by atoms with Crippen LogP contribution in [0.3, 0.4) is 0 Å². The molecule has 0 radical (unpaired) electrons. The number of amides is 1. The van der Waals surface area contributed by atoms with Gasteiger partial charge in [0.1, 0.15) is 5.82 Å². The Morgan fingerprint density at radius 2 is 1.81 bits per heavy atom. The van der Waals surface area contributed by atoms with Crippen LogP contribution in [0.15, 0.2) is 24.3 Å². The van der Waals surface area contributed by atoms with Gasteiger partial charge < -0.3 is 5.32 Å². The van der Waals surface area contributed by atoms with E-state index in [1.807, 2.05) is 0 Å². The molecule has 1 aromatic carbocycles. The van der Waals surface area contributed by atoms with Crippen LogP contribution in [0.25, 0.3) is 0 Å². The van der Waals surface area contributed by atoms with E-state index in [1.54, 1.807) is 12.1 Å². The van der Waals surface area contributed by atoms with E-state index in [4.69, 9.17) is 0 Å². The number of hydrogen-bond acceptors (Lipinski definition) is 1. The Kier molecular flexibility index (Phi) is 5.38. The van der Waals surface area contributed by atoms with Crippen molar-refractivity contribution in [2.24, 2.45) is 11.3 Å². The molecule has 1 fully saturated rings. The first kappa shape index (κ1) is 16.0. The predicted molar refractivity (Wildman–Crippen MR) is 84.6 cm³/mol. The van der Waals surface area contributed by atoms with Crippen LogP contribution in [-0.2, 0) is 4.79 Å². The summed E-state index contributed by atoms with van der Waals surface area (Å²) < 4.78 is 13.0. The quantitative estimate of drug-likeness (QED) is 0.798. The fourth-order valence-corrected chi connectivity index (χ4v) is 3.18. The smallest absolute Gasteiger partial charge is 0.230 e. The van der Waals surface area contributed by atoms with E-state index in [1.165, 1.54) is 18.6 Å². The van der Waals surface area contributed by atoms with E-state index in [2.05, 4.69) is 19.2 Å².